The summed E-state index contributed by atoms with van der Waals surface area (Å²) in [6.45, 7) is 0.779. The summed E-state index contributed by atoms with van der Waals surface area (Å²) in [5.41, 5.74) is 7.07. The second-order valence-corrected chi connectivity index (χ2v) is 6.72. The van der Waals surface area contributed by atoms with Crippen LogP contribution < -0.4 is 11.1 Å². The first kappa shape index (κ1) is 16.7. The van der Waals surface area contributed by atoms with Gasteiger partial charge in [-0.3, -0.25) is 4.79 Å². The van der Waals surface area contributed by atoms with Gasteiger partial charge in [0.05, 0.1) is 18.2 Å². The van der Waals surface area contributed by atoms with E-state index < -0.39 is 0 Å². The van der Waals surface area contributed by atoms with E-state index in [4.69, 9.17) is 10.5 Å². The van der Waals surface area contributed by atoms with E-state index in [2.05, 4.69) is 10.3 Å². The Morgan fingerprint density at radius 3 is 3.05 bits per heavy atom. The zero-order valence-corrected chi connectivity index (χ0v) is 13.6. The van der Waals surface area contributed by atoms with Gasteiger partial charge in [0.25, 0.3) is 0 Å². The van der Waals surface area contributed by atoms with E-state index in [0.717, 1.165) is 50.8 Å². The Balaban J connectivity index is 0.00000161. The van der Waals surface area contributed by atoms with Crippen molar-refractivity contribution in [2.24, 2.45) is 5.73 Å². The Labute approximate surface area is 135 Å². The van der Waals surface area contributed by atoms with E-state index in [-0.39, 0.29) is 30.5 Å². The van der Waals surface area contributed by atoms with Gasteiger partial charge in [-0.05, 0) is 38.5 Å². The molecule has 1 saturated heterocycles. The Morgan fingerprint density at radius 2 is 2.29 bits per heavy atom. The fraction of sp³-hybridized carbons (Fsp3) is 0.714. The van der Waals surface area contributed by atoms with E-state index in [1.165, 1.54) is 4.88 Å². The molecule has 0 spiro atoms. The molecule has 1 aromatic heterocycles. The lowest BCUT2D eigenvalue weighted by atomic mass is 9.99. The summed E-state index contributed by atoms with van der Waals surface area (Å²) in [6, 6.07) is 0.238. The highest BCUT2D eigenvalue weighted by Gasteiger charge is 2.22. The van der Waals surface area contributed by atoms with E-state index in [1.54, 1.807) is 11.3 Å². The Bertz CT molecular complexity index is 489. The summed E-state index contributed by atoms with van der Waals surface area (Å²) in [4.78, 5) is 17.7. The fourth-order valence-corrected chi connectivity index (χ4v) is 3.92. The van der Waals surface area contributed by atoms with Crippen molar-refractivity contribution >= 4 is 34.8 Å². The van der Waals surface area contributed by atoms with Gasteiger partial charge in [-0.15, -0.1) is 23.7 Å². The van der Waals surface area contributed by atoms with Crippen molar-refractivity contribution in [3.05, 3.63) is 10.6 Å². The number of halogens is 1. The van der Waals surface area contributed by atoms with Crippen LogP contribution in [0.25, 0.3) is 0 Å². The van der Waals surface area contributed by atoms with Gasteiger partial charge in [-0.2, -0.15) is 0 Å². The van der Waals surface area contributed by atoms with Gasteiger partial charge >= 0.3 is 0 Å². The second-order valence-electron chi connectivity index (χ2n) is 5.63. The molecule has 21 heavy (non-hydrogen) atoms. The first-order valence-electron chi connectivity index (χ1n) is 7.36. The number of anilines is 1. The fourth-order valence-electron chi connectivity index (χ4n) is 2.80. The molecule has 7 heteroatoms. The second kappa shape index (κ2) is 7.54. The molecule has 0 bridgehead atoms. The van der Waals surface area contributed by atoms with Crippen molar-refractivity contribution < 1.29 is 9.53 Å². The maximum Gasteiger partial charge on any atom is 0.228 e. The Morgan fingerprint density at radius 1 is 1.43 bits per heavy atom. The third-order valence-corrected chi connectivity index (χ3v) is 4.95. The normalized spacial score (nSPS) is 24.8. The number of nitrogens with one attached hydrogen (secondary N) is 1. The number of nitrogens with zero attached hydrogens (tertiary/aromatic N) is 1. The molecule has 1 fully saturated rings. The largest absolute Gasteiger partial charge is 0.378 e. The highest BCUT2D eigenvalue weighted by Crippen LogP contribution is 2.29. The molecule has 3 rings (SSSR count). The third kappa shape index (κ3) is 4.39. The molecule has 1 unspecified atom stereocenters. The molecule has 1 aromatic rings. The lowest BCUT2D eigenvalue weighted by Crippen LogP contribution is -2.27. The van der Waals surface area contributed by atoms with E-state index in [0.29, 0.717) is 11.6 Å². The number of aryl methyl sites for hydroxylation is 1. The summed E-state index contributed by atoms with van der Waals surface area (Å²) >= 11 is 1.57. The molecule has 1 aliphatic carbocycles. The van der Waals surface area contributed by atoms with E-state index >= 15 is 0 Å². The quantitative estimate of drug-likeness (QED) is 0.890. The lowest BCUT2D eigenvalue weighted by Gasteiger charge is -2.21. The number of amides is 1. The number of thiazole rings is 1. The molecule has 2 atom stereocenters. The number of fused-ring (bicyclic) bond motifs is 1. The SMILES string of the molecule is Cl.N[C@H]1CCc2nc(NC(=O)CC3CCCCO3)sc2C1. The Hall–Kier alpha value is -0.690. The topological polar surface area (TPSA) is 77.2 Å². The number of ether oxygens (including phenoxy) is 1. The number of hydrogen-bond donors (Lipinski definition) is 2. The molecule has 1 amide bonds. The average molecular weight is 332 g/mol. The minimum atomic E-state index is 0. The van der Waals surface area contributed by atoms with Gasteiger partial charge in [-0.1, -0.05) is 0 Å². The Kier molecular flexibility index (Phi) is 5.98. The van der Waals surface area contributed by atoms with Crippen molar-refractivity contribution in [3.63, 3.8) is 0 Å². The minimum Gasteiger partial charge on any atom is -0.378 e. The van der Waals surface area contributed by atoms with Crippen molar-refractivity contribution in [2.75, 3.05) is 11.9 Å². The van der Waals surface area contributed by atoms with Gasteiger partial charge in [-0.25, -0.2) is 4.98 Å². The van der Waals surface area contributed by atoms with Gasteiger partial charge in [0.2, 0.25) is 5.91 Å². The molecule has 2 aliphatic rings. The molecule has 1 aliphatic heterocycles. The van der Waals surface area contributed by atoms with Gasteiger partial charge in [0, 0.05) is 17.5 Å². The molecular weight excluding hydrogens is 310 g/mol. The van der Waals surface area contributed by atoms with Gasteiger partial charge in [0.15, 0.2) is 5.13 Å². The van der Waals surface area contributed by atoms with Crippen LogP contribution in [0.5, 0.6) is 0 Å². The van der Waals surface area contributed by atoms with Crippen molar-refractivity contribution in [2.45, 2.75) is 57.1 Å². The number of carbonyl (C=O) groups is 1. The number of aromatic nitrogens is 1. The average Bonchev–Trinajstić information content (AvgIpc) is 2.80. The summed E-state index contributed by atoms with van der Waals surface area (Å²) in [7, 11) is 0. The molecule has 3 N–H and O–H groups in total. The summed E-state index contributed by atoms with van der Waals surface area (Å²) in [5.74, 6) is 0.00676. The molecule has 0 saturated carbocycles. The summed E-state index contributed by atoms with van der Waals surface area (Å²) in [6.07, 6.45) is 6.55. The zero-order chi connectivity index (χ0) is 13.9. The molecule has 0 aromatic carbocycles. The van der Waals surface area contributed by atoms with E-state index in [1.807, 2.05) is 0 Å². The molecule has 2 heterocycles. The predicted octanol–water partition coefficient (Wildman–Crippen LogP) is 2.28. The van der Waals surface area contributed by atoms with Crippen LogP contribution in [0.15, 0.2) is 0 Å². The van der Waals surface area contributed by atoms with Crippen molar-refractivity contribution in [1.29, 1.82) is 0 Å². The van der Waals surface area contributed by atoms with Gasteiger partial charge < -0.3 is 15.8 Å². The van der Waals surface area contributed by atoms with Crippen LogP contribution in [-0.4, -0.2) is 29.6 Å². The molecular formula is C14H22ClN3O2S. The molecule has 118 valence electrons. The maximum absolute atomic E-state index is 12.0. The number of nitrogens with two attached hydrogens (primary N) is 1. The highest BCUT2D eigenvalue weighted by atomic mass is 35.5. The lowest BCUT2D eigenvalue weighted by molar-refractivity contribution is -0.119. The van der Waals surface area contributed by atoms with E-state index in [9.17, 15) is 4.79 Å². The maximum atomic E-state index is 12.0. The highest BCUT2D eigenvalue weighted by molar-refractivity contribution is 7.15. The van der Waals surface area contributed by atoms with Crippen molar-refractivity contribution in [1.82, 2.24) is 4.98 Å². The van der Waals surface area contributed by atoms with Crippen LogP contribution in [0, 0.1) is 0 Å². The molecule has 5 nitrogen and oxygen atoms in total. The molecule has 0 radical (unpaired) electrons. The standard InChI is InChI=1S/C14H21N3O2S.ClH/c15-9-4-5-11-12(7-9)20-14(16-11)17-13(18)8-10-3-1-2-6-19-10;/h9-10H,1-8,15H2,(H,16,17,18);1H/t9-,10?;/m0./s1. The predicted molar refractivity (Wildman–Crippen MR) is 86.2 cm³/mol. The summed E-state index contributed by atoms with van der Waals surface area (Å²) in [5, 5.41) is 3.62. The smallest absolute Gasteiger partial charge is 0.228 e. The van der Waals surface area contributed by atoms with Crippen LogP contribution in [0.2, 0.25) is 0 Å². The monoisotopic (exact) mass is 331 g/mol. The summed E-state index contributed by atoms with van der Waals surface area (Å²) < 4.78 is 5.59. The van der Waals surface area contributed by atoms with Crippen LogP contribution in [0.3, 0.4) is 0 Å². The van der Waals surface area contributed by atoms with Crippen LogP contribution in [0.1, 0.15) is 42.7 Å². The number of rotatable bonds is 3. The first-order valence-corrected chi connectivity index (χ1v) is 8.18. The number of hydrogen-bond acceptors (Lipinski definition) is 5. The minimum absolute atomic E-state index is 0. The van der Waals surface area contributed by atoms with Gasteiger partial charge in [0.1, 0.15) is 0 Å². The van der Waals surface area contributed by atoms with Crippen molar-refractivity contribution in [3.8, 4) is 0 Å². The zero-order valence-electron chi connectivity index (χ0n) is 12.0. The van der Waals surface area contributed by atoms with Crippen LogP contribution in [-0.2, 0) is 22.4 Å². The number of carbonyl (C=O) groups excluding carboxylic acids is 1. The van der Waals surface area contributed by atoms with Crippen LogP contribution >= 0.6 is 23.7 Å². The third-order valence-electron chi connectivity index (χ3n) is 3.91. The first-order chi connectivity index (χ1) is 9.70. The van der Waals surface area contributed by atoms with Crippen LogP contribution in [0.4, 0.5) is 5.13 Å².